The lowest BCUT2D eigenvalue weighted by atomic mass is 9.78. The molecule has 5 rings (SSSR count). The molecule has 1 saturated carbocycles. The molecular weight excluding hydrogens is 387 g/mol. The molecule has 0 spiro atoms. The molecular formula is C27H31FN2O. The van der Waals surface area contributed by atoms with E-state index in [0.717, 1.165) is 40.6 Å². The molecule has 1 aliphatic carbocycles. The number of carbonyl (C=O) groups excluding carboxylic acids is 1. The SMILES string of the molecule is CC(CC(=O)N1CCCC2CCCCC21)c1c[nH]c2cccc(-c3cccc(F)c3)c12. The molecule has 3 aromatic rings. The average Bonchev–Trinajstić information content (AvgIpc) is 3.23. The highest BCUT2D eigenvalue weighted by Crippen LogP contribution is 2.38. The Labute approximate surface area is 183 Å². The van der Waals surface area contributed by atoms with Crippen molar-refractivity contribution in [3.05, 3.63) is 60.0 Å². The molecule has 1 aromatic heterocycles. The predicted molar refractivity (Wildman–Crippen MR) is 123 cm³/mol. The maximum absolute atomic E-state index is 13.9. The van der Waals surface area contributed by atoms with E-state index in [4.69, 9.17) is 0 Å². The smallest absolute Gasteiger partial charge is 0.223 e. The number of aromatic nitrogens is 1. The van der Waals surface area contributed by atoms with Gasteiger partial charge in [-0.2, -0.15) is 0 Å². The summed E-state index contributed by atoms with van der Waals surface area (Å²) < 4.78 is 13.9. The maximum Gasteiger partial charge on any atom is 0.223 e. The van der Waals surface area contributed by atoms with E-state index in [1.165, 1.54) is 38.2 Å². The van der Waals surface area contributed by atoms with E-state index in [-0.39, 0.29) is 11.7 Å². The zero-order chi connectivity index (χ0) is 21.4. The number of halogens is 1. The van der Waals surface area contributed by atoms with Crippen LogP contribution in [0, 0.1) is 11.7 Å². The third kappa shape index (κ3) is 3.88. The topological polar surface area (TPSA) is 36.1 Å². The van der Waals surface area contributed by atoms with Crippen LogP contribution in [-0.4, -0.2) is 28.4 Å². The number of H-pyrrole nitrogens is 1. The van der Waals surface area contributed by atoms with Gasteiger partial charge in [0, 0.05) is 36.1 Å². The summed E-state index contributed by atoms with van der Waals surface area (Å²) in [5.74, 6) is 0.859. The molecule has 2 heterocycles. The standard InChI is InChI=1S/C27H31FN2O/c1-18(15-26(31)30-14-6-9-19-7-2-3-13-25(19)30)23-17-29-24-12-5-11-22(27(23)24)20-8-4-10-21(28)16-20/h4-5,8,10-12,16-19,25,29H,2-3,6-7,9,13-15H2,1H3. The molecule has 0 radical (unpaired) electrons. The Morgan fingerprint density at radius 2 is 1.94 bits per heavy atom. The van der Waals surface area contributed by atoms with Gasteiger partial charge in [-0.3, -0.25) is 4.79 Å². The van der Waals surface area contributed by atoms with Crippen molar-refractivity contribution in [1.82, 2.24) is 9.88 Å². The number of carbonyl (C=O) groups is 1. The summed E-state index contributed by atoms with van der Waals surface area (Å²) in [6, 6.07) is 13.3. The van der Waals surface area contributed by atoms with E-state index in [0.29, 0.717) is 24.3 Å². The number of amides is 1. The van der Waals surface area contributed by atoms with Gasteiger partial charge in [-0.15, -0.1) is 0 Å². The Balaban J connectivity index is 1.42. The van der Waals surface area contributed by atoms with E-state index in [2.05, 4.69) is 16.8 Å². The zero-order valence-electron chi connectivity index (χ0n) is 18.2. The Hall–Kier alpha value is -2.62. The molecule has 1 aliphatic heterocycles. The van der Waals surface area contributed by atoms with Crippen LogP contribution in [0.3, 0.4) is 0 Å². The number of hydrogen-bond acceptors (Lipinski definition) is 1. The Morgan fingerprint density at radius 3 is 2.81 bits per heavy atom. The normalized spacial score (nSPS) is 22.3. The molecule has 1 N–H and O–H groups in total. The summed E-state index contributed by atoms with van der Waals surface area (Å²) >= 11 is 0. The molecule has 3 nitrogen and oxygen atoms in total. The molecule has 2 aromatic carbocycles. The van der Waals surface area contributed by atoms with Crippen molar-refractivity contribution in [2.45, 2.75) is 63.8 Å². The minimum absolute atomic E-state index is 0.0972. The van der Waals surface area contributed by atoms with Crippen molar-refractivity contribution in [3.63, 3.8) is 0 Å². The van der Waals surface area contributed by atoms with Gasteiger partial charge in [-0.1, -0.05) is 44.0 Å². The van der Waals surface area contributed by atoms with Crippen LogP contribution in [0.1, 0.15) is 63.4 Å². The summed E-state index contributed by atoms with van der Waals surface area (Å²) in [5, 5.41) is 1.10. The minimum atomic E-state index is -0.234. The van der Waals surface area contributed by atoms with Crippen LogP contribution in [0.2, 0.25) is 0 Å². The second kappa shape index (κ2) is 8.49. The zero-order valence-corrected chi connectivity index (χ0v) is 18.2. The predicted octanol–water partition coefficient (Wildman–Crippen LogP) is 6.65. The molecule has 3 unspecified atom stereocenters. The van der Waals surface area contributed by atoms with Gasteiger partial charge < -0.3 is 9.88 Å². The van der Waals surface area contributed by atoms with Crippen LogP contribution >= 0.6 is 0 Å². The third-order valence-corrected chi connectivity index (χ3v) is 7.45. The Morgan fingerprint density at radius 1 is 1.13 bits per heavy atom. The van der Waals surface area contributed by atoms with Crippen molar-refractivity contribution in [2.75, 3.05) is 6.54 Å². The van der Waals surface area contributed by atoms with Gasteiger partial charge in [0.05, 0.1) is 0 Å². The third-order valence-electron chi connectivity index (χ3n) is 7.45. The van der Waals surface area contributed by atoms with E-state index in [9.17, 15) is 9.18 Å². The first-order valence-electron chi connectivity index (χ1n) is 11.8. The molecule has 2 fully saturated rings. The number of hydrogen-bond donors (Lipinski definition) is 1. The highest BCUT2D eigenvalue weighted by Gasteiger charge is 2.36. The lowest BCUT2D eigenvalue weighted by Gasteiger charge is -2.44. The van der Waals surface area contributed by atoms with Crippen LogP contribution in [-0.2, 0) is 4.79 Å². The quantitative estimate of drug-likeness (QED) is 0.506. The number of fused-ring (bicyclic) bond motifs is 2. The molecule has 162 valence electrons. The van der Waals surface area contributed by atoms with E-state index < -0.39 is 0 Å². The van der Waals surface area contributed by atoms with Gasteiger partial charge in [0.1, 0.15) is 5.82 Å². The van der Waals surface area contributed by atoms with Gasteiger partial charge >= 0.3 is 0 Å². The van der Waals surface area contributed by atoms with Crippen LogP contribution in [0.5, 0.6) is 0 Å². The molecule has 2 aliphatic rings. The van der Waals surface area contributed by atoms with Crippen molar-refractivity contribution < 1.29 is 9.18 Å². The van der Waals surface area contributed by atoms with Gasteiger partial charge in [0.15, 0.2) is 0 Å². The Bertz CT molecular complexity index is 1090. The highest BCUT2D eigenvalue weighted by atomic mass is 19.1. The summed E-state index contributed by atoms with van der Waals surface area (Å²) in [5.41, 5.74) is 4.05. The lowest BCUT2D eigenvalue weighted by molar-refractivity contribution is -0.137. The fourth-order valence-corrected chi connectivity index (χ4v) is 5.92. The van der Waals surface area contributed by atoms with Crippen molar-refractivity contribution in [1.29, 1.82) is 0 Å². The number of benzene rings is 2. The average molecular weight is 419 g/mol. The lowest BCUT2D eigenvalue weighted by Crippen LogP contribution is -2.49. The molecule has 1 saturated heterocycles. The molecule has 3 atom stereocenters. The fourth-order valence-electron chi connectivity index (χ4n) is 5.92. The number of likely N-dealkylation sites (tertiary alicyclic amines) is 1. The summed E-state index contributed by atoms with van der Waals surface area (Å²) in [4.78, 5) is 18.9. The largest absolute Gasteiger partial charge is 0.361 e. The van der Waals surface area contributed by atoms with Gasteiger partial charge in [-0.05, 0) is 72.4 Å². The van der Waals surface area contributed by atoms with Crippen LogP contribution in [0.25, 0.3) is 22.0 Å². The van der Waals surface area contributed by atoms with Crippen LogP contribution in [0.4, 0.5) is 4.39 Å². The van der Waals surface area contributed by atoms with Crippen molar-refractivity contribution >= 4 is 16.8 Å². The molecule has 1 amide bonds. The van der Waals surface area contributed by atoms with Gasteiger partial charge in [0.2, 0.25) is 5.91 Å². The number of nitrogens with zero attached hydrogens (tertiary/aromatic N) is 1. The van der Waals surface area contributed by atoms with Crippen molar-refractivity contribution in [3.8, 4) is 11.1 Å². The second-order valence-electron chi connectivity index (χ2n) is 9.43. The number of rotatable bonds is 4. The molecule has 31 heavy (non-hydrogen) atoms. The Kier molecular flexibility index (Phi) is 5.56. The second-order valence-corrected chi connectivity index (χ2v) is 9.43. The van der Waals surface area contributed by atoms with E-state index in [1.54, 1.807) is 12.1 Å². The molecule has 4 heteroatoms. The first kappa shape index (κ1) is 20.3. The van der Waals surface area contributed by atoms with E-state index >= 15 is 0 Å². The first-order chi connectivity index (χ1) is 15.1. The first-order valence-corrected chi connectivity index (χ1v) is 11.8. The number of aromatic amines is 1. The fraction of sp³-hybridized carbons (Fsp3) is 0.444. The van der Waals surface area contributed by atoms with Crippen LogP contribution in [0.15, 0.2) is 48.7 Å². The van der Waals surface area contributed by atoms with Crippen molar-refractivity contribution in [2.24, 2.45) is 5.92 Å². The molecule has 0 bridgehead atoms. The summed E-state index contributed by atoms with van der Waals surface area (Å²) in [7, 11) is 0. The maximum atomic E-state index is 13.9. The van der Waals surface area contributed by atoms with E-state index in [1.807, 2.05) is 30.5 Å². The number of piperidine rings is 1. The van der Waals surface area contributed by atoms with Gasteiger partial charge in [-0.25, -0.2) is 4.39 Å². The number of nitrogens with one attached hydrogen (secondary N) is 1. The monoisotopic (exact) mass is 418 g/mol. The van der Waals surface area contributed by atoms with Gasteiger partial charge in [0.25, 0.3) is 0 Å². The summed E-state index contributed by atoms with van der Waals surface area (Å²) in [6.07, 6.45) is 9.99. The summed E-state index contributed by atoms with van der Waals surface area (Å²) in [6.45, 7) is 3.06. The highest BCUT2D eigenvalue weighted by molar-refractivity contribution is 5.98. The minimum Gasteiger partial charge on any atom is -0.361 e. The van der Waals surface area contributed by atoms with Crippen LogP contribution < -0.4 is 0 Å².